The molecular formula is C20H28N2O5S. The van der Waals surface area contributed by atoms with Gasteiger partial charge in [0.25, 0.3) is 10.0 Å². The van der Waals surface area contributed by atoms with Gasteiger partial charge in [-0.2, -0.15) is 4.98 Å². The van der Waals surface area contributed by atoms with Gasteiger partial charge in [-0.05, 0) is 57.7 Å². The van der Waals surface area contributed by atoms with Gasteiger partial charge in [-0.25, -0.2) is 13.1 Å². The van der Waals surface area contributed by atoms with Crippen molar-refractivity contribution in [1.29, 1.82) is 0 Å². The molecule has 1 aromatic heterocycles. The molecule has 154 valence electrons. The van der Waals surface area contributed by atoms with E-state index in [0.29, 0.717) is 24.5 Å². The van der Waals surface area contributed by atoms with E-state index in [1.54, 1.807) is 39.0 Å². The molecule has 2 aromatic rings. The topological polar surface area (TPSA) is 98.5 Å². The number of unbranched alkanes of at least 4 members (excludes halogenated alkanes) is 3. The third-order valence-corrected chi connectivity index (χ3v) is 5.68. The quantitative estimate of drug-likeness (QED) is 0.443. The fourth-order valence-corrected chi connectivity index (χ4v) is 3.74. The number of benzene rings is 1. The largest absolute Gasteiger partial charge is 0.466 e. The number of oxazole rings is 1. The molecule has 0 amide bonds. The van der Waals surface area contributed by atoms with Crippen molar-refractivity contribution in [2.75, 3.05) is 11.3 Å². The first-order chi connectivity index (χ1) is 13.3. The van der Waals surface area contributed by atoms with Crippen LogP contribution >= 0.6 is 0 Å². The fraction of sp³-hybridized carbons (Fsp3) is 0.500. The molecule has 0 spiro atoms. The standard InChI is InChI=1S/C20H28N2O5S/c1-4-26-19(23)13-8-6-5-7-10-17-11-9-12-18(14-17)28(24,25)22-20-21-15(2)16(3)27-20/h9,11-12,14H,4-8,10,13H2,1-3H3,(H,21,22). The Hall–Kier alpha value is -2.35. The second kappa shape index (κ2) is 10.3. The molecule has 7 nitrogen and oxygen atoms in total. The molecule has 8 heteroatoms. The van der Waals surface area contributed by atoms with E-state index < -0.39 is 10.0 Å². The Morgan fingerprint density at radius 2 is 1.93 bits per heavy atom. The second-order valence-electron chi connectivity index (χ2n) is 6.63. The number of esters is 1. The van der Waals surface area contributed by atoms with Crippen molar-refractivity contribution < 1.29 is 22.4 Å². The maximum absolute atomic E-state index is 12.6. The van der Waals surface area contributed by atoms with Crippen LogP contribution in [0.15, 0.2) is 33.6 Å². The van der Waals surface area contributed by atoms with Gasteiger partial charge in [-0.3, -0.25) is 4.79 Å². The van der Waals surface area contributed by atoms with Crippen LogP contribution in [0.3, 0.4) is 0 Å². The van der Waals surface area contributed by atoms with Crippen LogP contribution in [0.25, 0.3) is 0 Å². The summed E-state index contributed by atoms with van der Waals surface area (Å²) in [4.78, 5) is 15.5. The van der Waals surface area contributed by atoms with Crippen molar-refractivity contribution >= 4 is 22.0 Å². The monoisotopic (exact) mass is 408 g/mol. The second-order valence-corrected chi connectivity index (χ2v) is 8.32. The number of rotatable bonds is 11. The fourth-order valence-electron chi connectivity index (χ4n) is 2.74. The molecular weight excluding hydrogens is 380 g/mol. The Morgan fingerprint density at radius 3 is 2.61 bits per heavy atom. The predicted molar refractivity (Wildman–Crippen MR) is 107 cm³/mol. The summed E-state index contributed by atoms with van der Waals surface area (Å²) in [5.41, 5.74) is 1.60. The highest BCUT2D eigenvalue weighted by atomic mass is 32.2. The Kier molecular flexibility index (Phi) is 8.04. The Balaban J connectivity index is 1.85. The lowest BCUT2D eigenvalue weighted by molar-refractivity contribution is -0.143. The van der Waals surface area contributed by atoms with Crippen LogP contribution in [-0.4, -0.2) is 26.0 Å². The summed E-state index contributed by atoms with van der Waals surface area (Å²) >= 11 is 0. The summed E-state index contributed by atoms with van der Waals surface area (Å²) < 4.78 is 37.7. The van der Waals surface area contributed by atoms with Gasteiger partial charge < -0.3 is 9.15 Å². The Bertz CT molecular complexity index is 870. The number of nitrogens with one attached hydrogen (secondary N) is 1. The lowest BCUT2D eigenvalue weighted by Crippen LogP contribution is -2.13. The van der Waals surface area contributed by atoms with Crippen molar-refractivity contribution in [3.63, 3.8) is 0 Å². The van der Waals surface area contributed by atoms with Crippen LogP contribution in [0.4, 0.5) is 6.01 Å². The number of hydrogen-bond acceptors (Lipinski definition) is 6. The zero-order chi connectivity index (χ0) is 20.6. The minimum Gasteiger partial charge on any atom is -0.466 e. The molecule has 1 aromatic carbocycles. The average molecular weight is 409 g/mol. The van der Waals surface area contributed by atoms with Gasteiger partial charge in [-0.15, -0.1) is 0 Å². The number of anilines is 1. The van der Waals surface area contributed by atoms with Crippen molar-refractivity contribution in [2.45, 2.75) is 64.2 Å². The average Bonchev–Trinajstić information content (AvgIpc) is 2.95. The molecule has 0 saturated carbocycles. The van der Waals surface area contributed by atoms with Crippen LogP contribution in [0.2, 0.25) is 0 Å². The van der Waals surface area contributed by atoms with Crippen molar-refractivity contribution in [2.24, 2.45) is 0 Å². The van der Waals surface area contributed by atoms with Gasteiger partial charge in [0.15, 0.2) is 0 Å². The van der Waals surface area contributed by atoms with Crippen LogP contribution in [-0.2, 0) is 26.0 Å². The Morgan fingerprint density at radius 1 is 1.18 bits per heavy atom. The van der Waals surface area contributed by atoms with Crippen molar-refractivity contribution in [3.8, 4) is 0 Å². The number of hydrogen-bond donors (Lipinski definition) is 1. The van der Waals surface area contributed by atoms with E-state index in [2.05, 4.69) is 9.71 Å². The lowest BCUT2D eigenvalue weighted by Gasteiger charge is -2.07. The SMILES string of the molecule is CCOC(=O)CCCCCCc1cccc(S(=O)(=O)Nc2nc(C)c(C)o2)c1. The van der Waals surface area contributed by atoms with Gasteiger partial charge >= 0.3 is 12.0 Å². The predicted octanol–water partition coefficient (Wildman–Crippen LogP) is 4.15. The van der Waals surface area contributed by atoms with Crippen LogP contribution in [0.1, 0.15) is 56.0 Å². The smallest absolute Gasteiger partial charge is 0.309 e. The summed E-state index contributed by atoms with van der Waals surface area (Å²) in [6, 6.07) is 6.84. The van der Waals surface area contributed by atoms with Crippen molar-refractivity contribution in [3.05, 3.63) is 41.3 Å². The number of nitrogens with zero attached hydrogens (tertiary/aromatic N) is 1. The van der Waals surface area contributed by atoms with Gasteiger partial charge in [0.1, 0.15) is 5.76 Å². The number of carbonyl (C=O) groups excluding carboxylic acids is 1. The first-order valence-electron chi connectivity index (χ1n) is 9.53. The van der Waals surface area contributed by atoms with Crippen LogP contribution in [0, 0.1) is 13.8 Å². The highest BCUT2D eigenvalue weighted by Gasteiger charge is 2.18. The molecule has 0 aliphatic rings. The molecule has 1 N–H and O–H groups in total. The molecule has 0 radical (unpaired) electrons. The summed E-state index contributed by atoms with van der Waals surface area (Å²) in [6.07, 6.45) is 4.89. The first kappa shape index (κ1) is 21.9. The van der Waals surface area contributed by atoms with E-state index in [-0.39, 0.29) is 16.9 Å². The van der Waals surface area contributed by atoms with Gasteiger partial charge in [-0.1, -0.05) is 25.0 Å². The van der Waals surface area contributed by atoms with Gasteiger partial charge in [0.2, 0.25) is 0 Å². The van der Waals surface area contributed by atoms with E-state index in [1.807, 2.05) is 6.07 Å². The molecule has 0 fully saturated rings. The highest BCUT2D eigenvalue weighted by molar-refractivity contribution is 7.92. The van der Waals surface area contributed by atoms with Crippen LogP contribution in [0.5, 0.6) is 0 Å². The third kappa shape index (κ3) is 6.67. The van der Waals surface area contributed by atoms with E-state index >= 15 is 0 Å². The molecule has 0 saturated heterocycles. The maximum atomic E-state index is 12.6. The third-order valence-electron chi connectivity index (χ3n) is 4.36. The van der Waals surface area contributed by atoms with Gasteiger partial charge in [0, 0.05) is 6.42 Å². The van der Waals surface area contributed by atoms with Crippen molar-refractivity contribution in [1.82, 2.24) is 4.98 Å². The maximum Gasteiger partial charge on any atom is 0.309 e. The normalized spacial score (nSPS) is 11.4. The highest BCUT2D eigenvalue weighted by Crippen LogP contribution is 2.20. The summed E-state index contributed by atoms with van der Waals surface area (Å²) in [5, 5.41) is 0. The van der Waals surface area contributed by atoms with E-state index in [1.165, 1.54) is 0 Å². The molecule has 0 aliphatic heterocycles. The minimum atomic E-state index is -3.75. The minimum absolute atomic E-state index is 0.0259. The van der Waals surface area contributed by atoms with E-state index in [4.69, 9.17) is 9.15 Å². The zero-order valence-corrected chi connectivity index (χ0v) is 17.5. The van der Waals surface area contributed by atoms with Gasteiger partial charge in [0.05, 0.1) is 17.2 Å². The molecule has 0 unspecified atom stereocenters. The Labute approximate surface area is 166 Å². The summed E-state index contributed by atoms with van der Waals surface area (Å²) in [6.45, 7) is 5.70. The number of sulfonamides is 1. The van der Waals surface area contributed by atoms with Crippen LogP contribution < -0.4 is 4.72 Å². The summed E-state index contributed by atoms with van der Waals surface area (Å²) in [5.74, 6) is 0.429. The number of aromatic nitrogens is 1. The van der Waals surface area contributed by atoms with E-state index in [0.717, 1.165) is 37.7 Å². The molecule has 2 rings (SSSR count). The molecule has 1 heterocycles. The molecule has 28 heavy (non-hydrogen) atoms. The summed E-state index contributed by atoms with van der Waals surface area (Å²) in [7, 11) is -3.75. The molecule has 0 aliphatic carbocycles. The number of aryl methyl sites for hydroxylation is 3. The molecule has 0 atom stereocenters. The number of carbonyl (C=O) groups is 1. The van der Waals surface area contributed by atoms with E-state index in [9.17, 15) is 13.2 Å². The lowest BCUT2D eigenvalue weighted by atomic mass is 10.1. The first-order valence-corrected chi connectivity index (χ1v) is 11.0. The molecule has 0 bridgehead atoms. The number of ether oxygens (including phenoxy) is 1. The zero-order valence-electron chi connectivity index (χ0n) is 16.7.